The molecular formula is C18H17Cl2NO4. The monoisotopic (exact) mass is 381 g/mol. The Kier molecular flexibility index (Phi) is 6.67. The summed E-state index contributed by atoms with van der Waals surface area (Å²) >= 11 is 12.0. The molecule has 1 N–H and O–H groups in total. The predicted molar refractivity (Wildman–Crippen MR) is 96.3 cm³/mol. The minimum absolute atomic E-state index is 0.256. The summed E-state index contributed by atoms with van der Waals surface area (Å²) in [6.45, 7) is 1.36. The summed E-state index contributed by atoms with van der Waals surface area (Å²) in [5, 5.41) is 3.68. The molecule has 1 atom stereocenters. The van der Waals surface area contributed by atoms with Gasteiger partial charge in [0.05, 0.1) is 13.2 Å². The lowest BCUT2D eigenvalue weighted by atomic mass is 10.1. The molecule has 0 radical (unpaired) electrons. The number of esters is 1. The van der Waals surface area contributed by atoms with Crippen LogP contribution >= 0.6 is 23.2 Å². The van der Waals surface area contributed by atoms with Gasteiger partial charge in [-0.2, -0.15) is 0 Å². The van der Waals surface area contributed by atoms with Crippen LogP contribution in [0.1, 0.15) is 28.9 Å². The molecule has 1 amide bonds. The van der Waals surface area contributed by atoms with E-state index in [0.717, 1.165) is 5.56 Å². The van der Waals surface area contributed by atoms with Crippen LogP contribution in [0.5, 0.6) is 5.75 Å². The highest BCUT2D eigenvalue weighted by molar-refractivity contribution is 6.35. The van der Waals surface area contributed by atoms with E-state index in [1.54, 1.807) is 49.4 Å². The van der Waals surface area contributed by atoms with Crippen molar-refractivity contribution in [2.75, 3.05) is 13.7 Å². The molecule has 0 heterocycles. The Morgan fingerprint density at radius 3 is 2.56 bits per heavy atom. The molecule has 25 heavy (non-hydrogen) atoms. The number of halogens is 2. The number of nitrogens with one attached hydrogen (secondary N) is 1. The normalized spacial score (nSPS) is 11.5. The molecule has 5 nitrogen and oxygen atoms in total. The lowest BCUT2D eigenvalue weighted by molar-refractivity contribution is -0.124. The number of hydrogen-bond donors (Lipinski definition) is 1. The summed E-state index contributed by atoms with van der Waals surface area (Å²) < 4.78 is 10.1. The van der Waals surface area contributed by atoms with E-state index >= 15 is 0 Å². The molecule has 7 heteroatoms. The van der Waals surface area contributed by atoms with Crippen molar-refractivity contribution >= 4 is 35.1 Å². The van der Waals surface area contributed by atoms with Gasteiger partial charge in [-0.05, 0) is 36.8 Å². The summed E-state index contributed by atoms with van der Waals surface area (Å²) in [6.07, 6.45) is 0. The van der Waals surface area contributed by atoms with E-state index in [0.29, 0.717) is 15.8 Å². The molecule has 0 bridgehead atoms. The van der Waals surface area contributed by atoms with E-state index in [2.05, 4.69) is 5.32 Å². The molecule has 0 aliphatic carbocycles. The van der Waals surface area contributed by atoms with Crippen LogP contribution in [-0.4, -0.2) is 25.6 Å². The Balaban J connectivity index is 1.93. The standard InChI is InChI=1S/C18H17Cl2NO4/c1-11(13-8-7-12(19)9-15(13)20)21-17(22)10-25-18(23)14-5-3-4-6-16(14)24-2/h3-9,11H,10H2,1-2H3,(H,21,22)/t11-/m0/s1. The number of benzene rings is 2. The number of carbonyl (C=O) groups is 2. The van der Waals surface area contributed by atoms with Crippen molar-refractivity contribution < 1.29 is 19.1 Å². The lowest BCUT2D eigenvalue weighted by Crippen LogP contribution is -2.31. The summed E-state index contributed by atoms with van der Waals surface area (Å²) in [5.74, 6) is -0.694. The maximum absolute atomic E-state index is 12.1. The molecule has 0 saturated heterocycles. The SMILES string of the molecule is COc1ccccc1C(=O)OCC(=O)N[C@@H](C)c1ccc(Cl)cc1Cl. The zero-order valence-corrected chi connectivity index (χ0v) is 15.2. The highest BCUT2D eigenvalue weighted by Gasteiger charge is 2.17. The molecule has 0 aromatic heterocycles. The van der Waals surface area contributed by atoms with Gasteiger partial charge >= 0.3 is 5.97 Å². The van der Waals surface area contributed by atoms with Gasteiger partial charge in [0.25, 0.3) is 5.91 Å². The average Bonchev–Trinajstić information content (AvgIpc) is 2.59. The second-order valence-electron chi connectivity index (χ2n) is 5.23. The maximum Gasteiger partial charge on any atom is 0.342 e. The molecule has 0 aliphatic heterocycles. The van der Waals surface area contributed by atoms with Crippen molar-refractivity contribution in [2.24, 2.45) is 0 Å². The van der Waals surface area contributed by atoms with E-state index in [1.165, 1.54) is 7.11 Å². The summed E-state index contributed by atoms with van der Waals surface area (Å²) in [5.41, 5.74) is 0.974. The summed E-state index contributed by atoms with van der Waals surface area (Å²) in [4.78, 5) is 24.1. The number of rotatable bonds is 6. The third kappa shape index (κ3) is 5.11. The average molecular weight is 382 g/mol. The van der Waals surface area contributed by atoms with Gasteiger partial charge in [-0.1, -0.05) is 41.4 Å². The number of ether oxygens (including phenoxy) is 2. The third-order valence-corrected chi connectivity index (χ3v) is 4.03. The van der Waals surface area contributed by atoms with E-state index in [4.69, 9.17) is 32.7 Å². The van der Waals surface area contributed by atoms with Crippen molar-refractivity contribution in [3.63, 3.8) is 0 Å². The number of amides is 1. The van der Waals surface area contributed by atoms with Crippen LogP contribution < -0.4 is 10.1 Å². The highest BCUT2D eigenvalue weighted by Crippen LogP contribution is 2.26. The van der Waals surface area contributed by atoms with Gasteiger partial charge in [-0.25, -0.2) is 4.79 Å². The minimum Gasteiger partial charge on any atom is -0.496 e. The molecular weight excluding hydrogens is 365 g/mol. The first-order valence-corrected chi connectivity index (χ1v) is 8.22. The van der Waals surface area contributed by atoms with Crippen LogP contribution in [0.4, 0.5) is 0 Å². The van der Waals surface area contributed by atoms with Gasteiger partial charge in [0.1, 0.15) is 11.3 Å². The van der Waals surface area contributed by atoms with Gasteiger partial charge in [-0.3, -0.25) is 4.79 Å². The fourth-order valence-electron chi connectivity index (χ4n) is 2.24. The zero-order valence-electron chi connectivity index (χ0n) is 13.7. The molecule has 132 valence electrons. The minimum atomic E-state index is -0.634. The quantitative estimate of drug-likeness (QED) is 0.766. The van der Waals surface area contributed by atoms with Crippen LogP contribution in [0.2, 0.25) is 10.0 Å². The lowest BCUT2D eigenvalue weighted by Gasteiger charge is -2.16. The van der Waals surface area contributed by atoms with Gasteiger partial charge in [-0.15, -0.1) is 0 Å². The highest BCUT2D eigenvalue weighted by atomic mass is 35.5. The number of hydrogen-bond acceptors (Lipinski definition) is 4. The van der Waals surface area contributed by atoms with Crippen molar-refractivity contribution in [1.29, 1.82) is 0 Å². The Morgan fingerprint density at radius 2 is 1.88 bits per heavy atom. The Morgan fingerprint density at radius 1 is 1.16 bits per heavy atom. The van der Waals surface area contributed by atoms with E-state index in [-0.39, 0.29) is 11.6 Å². The largest absolute Gasteiger partial charge is 0.496 e. The smallest absolute Gasteiger partial charge is 0.342 e. The second kappa shape index (κ2) is 8.74. The van der Waals surface area contributed by atoms with Crippen LogP contribution in [0.15, 0.2) is 42.5 Å². The van der Waals surface area contributed by atoms with E-state index < -0.39 is 18.5 Å². The number of methoxy groups -OCH3 is 1. The Hall–Kier alpha value is -2.24. The summed E-state index contributed by atoms with van der Waals surface area (Å²) in [7, 11) is 1.45. The van der Waals surface area contributed by atoms with Crippen molar-refractivity contribution in [3.8, 4) is 5.75 Å². The van der Waals surface area contributed by atoms with E-state index in [9.17, 15) is 9.59 Å². The molecule has 2 aromatic rings. The first-order chi connectivity index (χ1) is 11.9. The van der Waals surface area contributed by atoms with Crippen molar-refractivity contribution in [3.05, 3.63) is 63.6 Å². The second-order valence-corrected chi connectivity index (χ2v) is 6.08. The maximum atomic E-state index is 12.1. The molecule has 0 saturated carbocycles. The van der Waals surface area contributed by atoms with E-state index in [1.807, 2.05) is 0 Å². The predicted octanol–water partition coefficient (Wildman–Crippen LogP) is 4.04. The van der Waals surface area contributed by atoms with Gasteiger partial charge in [0, 0.05) is 10.0 Å². The first-order valence-electron chi connectivity index (χ1n) is 7.47. The van der Waals surface area contributed by atoms with Crippen molar-refractivity contribution in [2.45, 2.75) is 13.0 Å². The summed E-state index contributed by atoms with van der Waals surface area (Å²) in [6, 6.07) is 11.3. The molecule has 0 aliphatic rings. The third-order valence-electron chi connectivity index (χ3n) is 3.47. The number of para-hydroxylation sites is 1. The molecule has 0 spiro atoms. The fraction of sp³-hybridized carbons (Fsp3) is 0.222. The zero-order chi connectivity index (χ0) is 18.4. The van der Waals surface area contributed by atoms with Crippen LogP contribution in [0, 0.1) is 0 Å². The van der Waals surface area contributed by atoms with Gasteiger partial charge < -0.3 is 14.8 Å². The topological polar surface area (TPSA) is 64.6 Å². The van der Waals surface area contributed by atoms with Crippen molar-refractivity contribution in [1.82, 2.24) is 5.32 Å². The van der Waals surface area contributed by atoms with Crippen LogP contribution in [-0.2, 0) is 9.53 Å². The Labute approximate surface area is 155 Å². The molecule has 0 unspecified atom stereocenters. The number of carbonyl (C=O) groups excluding carboxylic acids is 2. The van der Waals surface area contributed by atoms with Gasteiger partial charge in [0.2, 0.25) is 0 Å². The molecule has 0 fully saturated rings. The molecule has 2 aromatic carbocycles. The Bertz CT molecular complexity index is 779. The fourth-order valence-corrected chi connectivity index (χ4v) is 2.81. The van der Waals surface area contributed by atoms with Gasteiger partial charge in [0.15, 0.2) is 6.61 Å². The molecule has 2 rings (SSSR count). The van der Waals surface area contributed by atoms with Crippen LogP contribution in [0.25, 0.3) is 0 Å². The first kappa shape index (κ1) is 19.1. The van der Waals surface area contributed by atoms with Crippen LogP contribution in [0.3, 0.4) is 0 Å².